The Morgan fingerprint density at radius 1 is 1.16 bits per heavy atom. The first-order chi connectivity index (χ1) is 8.02. The molecular weight excluding hydrogens is 248 g/mol. The van der Waals surface area contributed by atoms with E-state index in [1.165, 1.54) is 5.56 Å². The van der Waals surface area contributed by atoms with Crippen LogP contribution in [-0.4, -0.2) is 35.1 Å². The van der Waals surface area contributed by atoms with E-state index in [1.54, 1.807) is 0 Å². The summed E-state index contributed by atoms with van der Waals surface area (Å²) in [4.78, 5) is 10.3. The van der Waals surface area contributed by atoms with E-state index in [1.807, 2.05) is 18.2 Å². The molecule has 7 N–H and O–H groups in total. The highest BCUT2D eigenvalue weighted by Crippen LogP contribution is 2.21. The number of aliphatic carboxylic acids is 1. The number of carboxylic acid groups (broad SMARTS) is 1. The fraction of sp³-hybridized carbons (Fsp3) is 0.462. The van der Waals surface area contributed by atoms with Gasteiger partial charge < -0.3 is 16.1 Å². The second-order valence-corrected chi connectivity index (χ2v) is 4.67. The largest absolute Gasteiger partial charge is 0.481 e. The molecule has 0 aliphatic rings. The number of hydrogen-bond acceptors (Lipinski definition) is 3. The highest BCUT2D eigenvalue weighted by Gasteiger charge is 2.19. The zero-order chi connectivity index (χ0) is 12.7. The van der Waals surface area contributed by atoms with Gasteiger partial charge in [0, 0.05) is 18.5 Å². The van der Waals surface area contributed by atoms with Crippen LogP contribution in [-0.2, 0) is 10.2 Å². The second kappa shape index (κ2) is 9.46. The molecule has 0 amide bonds. The van der Waals surface area contributed by atoms with Gasteiger partial charge in [0.05, 0.1) is 6.42 Å². The molecule has 0 aliphatic heterocycles. The SMILES string of the molecule is CC(C)(CNNCCC(=O)O)c1ccccc1.O.O. The first-order valence-corrected chi connectivity index (χ1v) is 5.75. The predicted octanol–water partition coefficient (Wildman–Crippen LogP) is -0.116. The fourth-order valence-corrected chi connectivity index (χ4v) is 1.53. The van der Waals surface area contributed by atoms with Gasteiger partial charge in [-0.2, -0.15) is 0 Å². The lowest BCUT2D eigenvalue weighted by atomic mass is 9.85. The molecule has 0 spiro atoms. The van der Waals surface area contributed by atoms with Gasteiger partial charge in [-0.3, -0.25) is 15.6 Å². The topological polar surface area (TPSA) is 124 Å². The molecule has 0 atom stereocenters. The Labute approximate surface area is 113 Å². The van der Waals surface area contributed by atoms with Gasteiger partial charge in [-0.1, -0.05) is 44.2 Å². The van der Waals surface area contributed by atoms with Crippen molar-refractivity contribution < 1.29 is 20.9 Å². The van der Waals surface area contributed by atoms with E-state index in [2.05, 4.69) is 36.8 Å². The summed E-state index contributed by atoms with van der Waals surface area (Å²) in [6.07, 6.45) is 0.124. The van der Waals surface area contributed by atoms with Crippen LogP contribution in [0, 0.1) is 0 Å². The van der Waals surface area contributed by atoms with E-state index in [-0.39, 0.29) is 22.8 Å². The molecule has 0 aliphatic carbocycles. The van der Waals surface area contributed by atoms with Gasteiger partial charge in [0.15, 0.2) is 0 Å². The average molecular weight is 272 g/mol. The summed E-state index contributed by atoms with van der Waals surface area (Å²) in [6.45, 7) is 5.47. The molecule has 0 unspecified atom stereocenters. The minimum Gasteiger partial charge on any atom is -0.481 e. The van der Waals surface area contributed by atoms with Gasteiger partial charge in [-0.25, -0.2) is 0 Å². The molecule has 0 saturated carbocycles. The average Bonchev–Trinajstić information content (AvgIpc) is 2.29. The van der Waals surface area contributed by atoms with Gasteiger partial charge >= 0.3 is 5.97 Å². The van der Waals surface area contributed by atoms with Crippen LogP contribution in [0.5, 0.6) is 0 Å². The highest BCUT2D eigenvalue weighted by atomic mass is 16.4. The van der Waals surface area contributed by atoms with E-state index in [0.29, 0.717) is 6.54 Å². The second-order valence-electron chi connectivity index (χ2n) is 4.67. The summed E-state index contributed by atoms with van der Waals surface area (Å²) >= 11 is 0. The molecule has 0 heterocycles. The molecule has 19 heavy (non-hydrogen) atoms. The molecule has 0 radical (unpaired) electrons. The smallest absolute Gasteiger partial charge is 0.304 e. The lowest BCUT2D eigenvalue weighted by Gasteiger charge is -2.25. The summed E-state index contributed by atoms with van der Waals surface area (Å²) in [5.74, 6) is -0.790. The maximum Gasteiger partial charge on any atom is 0.304 e. The van der Waals surface area contributed by atoms with Gasteiger partial charge in [-0.05, 0) is 5.56 Å². The molecule has 0 fully saturated rings. The van der Waals surface area contributed by atoms with E-state index in [9.17, 15) is 4.79 Å². The molecule has 1 aromatic carbocycles. The third-order valence-corrected chi connectivity index (χ3v) is 2.67. The fourth-order valence-electron chi connectivity index (χ4n) is 1.53. The minimum atomic E-state index is -0.790. The number of hydrazine groups is 1. The summed E-state index contributed by atoms with van der Waals surface area (Å²) < 4.78 is 0. The Balaban J connectivity index is 0. The van der Waals surface area contributed by atoms with Crippen LogP contribution < -0.4 is 10.9 Å². The number of nitrogens with one attached hydrogen (secondary N) is 2. The van der Waals surface area contributed by atoms with Crippen molar-refractivity contribution in [2.45, 2.75) is 25.7 Å². The first kappa shape index (κ1) is 19.9. The van der Waals surface area contributed by atoms with Crippen molar-refractivity contribution in [2.75, 3.05) is 13.1 Å². The quantitative estimate of drug-likeness (QED) is 0.473. The lowest BCUT2D eigenvalue weighted by Crippen LogP contribution is -2.42. The number of rotatable bonds is 7. The standard InChI is InChI=1S/C13H20N2O2.2H2O/c1-13(2,11-6-4-3-5-7-11)10-15-14-9-8-12(16)17;;/h3-7,14-15H,8-10H2,1-2H3,(H,16,17);2*1H2. The van der Waals surface area contributed by atoms with Crippen LogP contribution in [0.25, 0.3) is 0 Å². The van der Waals surface area contributed by atoms with Crippen LogP contribution in [0.1, 0.15) is 25.8 Å². The van der Waals surface area contributed by atoms with E-state index in [0.717, 1.165) is 6.54 Å². The van der Waals surface area contributed by atoms with Crippen molar-refractivity contribution in [3.8, 4) is 0 Å². The number of hydrogen-bond donors (Lipinski definition) is 3. The molecule has 0 saturated heterocycles. The van der Waals surface area contributed by atoms with Crippen molar-refractivity contribution in [3.05, 3.63) is 35.9 Å². The van der Waals surface area contributed by atoms with Crippen LogP contribution in [0.4, 0.5) is 0 Å². The summed E-state index contributed by atoms with van der Waals surface area (Å²) in [5, 5.41) is 8.48. The normalized spacial score (nSPS) is 10.2. The lowest BCUT2D eigenvalue weighted by molar-refractivity contribution is -0.136. The maximum atomic E-state index is 10.3. The van der Waals surface area contributed by atoms with Crippen LogP contribution >= 0.6 is 0 Å². The molecule has 0 aromatic heterocycles. The van der Waals surface area contributed by atoms with E-state index < -0.39 is 5.97 Å². The Morgan fingerprint density at radius 3 is 2.26 bits per heavy atom. The third-order valence-electron chi connectivity index (χ3n) is 2.67. The Kier molecular flexibility index (Phi) is 9.89. The molecule has 1 rings (SSSR count). The number of carboxylic acids is 1. The zero-order valence-corrected chi connectivity index (χ0v) is 11.4. The summed E-state index contributed by atoms with van der Waals surface area (Å²) in [7, 11) is 0. The summed E-state index contributed by atoms with van der Waals surface area (Å²) in [5.41, 5.74) is 7.25. The molecule has 6 heteroatoms. The van der Waals surface area contributed by atoms with E-state index in [4.69, 9.17) is 5.11 Å². The third kappa shape index (κ3) is 7.53. The van der Waals surface area contributed by atoms with Crippen molar-refractivity contribution in [3.63, 3.8) is 0 Å². The Hall–Kier alpha value is -1.47. The van der Waals surface area contributed by atoms with Crippen molar-refractivity contribution in [1.82, 2.24) is 10.9 Å². The predicted molar refractivity (Wildman–Crippen MR) is 75.0 cm³/mol. The minimum absolute atomic E-state index is 0. The van der Waals surface area contributed by atoms with Crippen LogP contribution in [0.15, 0.2) is 30.3 Å². The number of benzene rings is 1. The van der Waals surface area contributed by atoms with Gasteiger partial charge in [0.25, 0.3) is 0 Å². The molecule has 0 bridgehead atoms. The van der Waals surface area contributed by atoms with Gasteiger partial charge in [0.1, 0.15) is 0 Å². The molecular formula is C13H24N2O4. The highest BCUT2D eigenvalue weighted by molar-refractivity contribution is 5.66. The number of carbonyl (C=O) groups is 1. The molecule has 1 aromatic rings. The first-order valence-electron chi connectivity index (χ1n) is 5.75. The van der Waals surface area contributed by atoms with Crippen molar-refractivity contribution in [1.29, 1.82) is 0 Å². The Morgan fingerprint density at radius 2 is 1.74 bits per heavy atom. The van der Waals surface area contributed by atoms with E-state index >= 15 is 0 Å². The van der Waals surface area contributed by atoms with Crippen molar-refractivity contribution in [2.24, 2.45) is 0 Å². The summed E-state index contributed by atoms with van der Waals surface area (Å²) in [6, 6.07) is 10.2. The van der Waals surface area contributed by atoms with Crippen molar-refractivity contribution >= 4 is 5.97 Å². The zero-order valence-electron chi connectivity index (χ0n) is 11.4. The monoisotopic (exact) mass is 272 g/mol. The maximum absolute atomic E-state index is 10.3. The van der Waals surface area contributed by atoms with Gasteiger partial charge in [0.2, 0.25) is 0 Å². The van der Waals surface area contributed by atoms with Crippen LogP contribution in [0.3, 0.4) is 0 Å². The molecule has 6 nitrogen and oxygen atoms in total. The Bertz CT molecular complexity index is 355. The molecule has 110 valence electrons. The van der Waals surface area contributed by atoms with Gasteiger partial charge in [-0.15, -0.1) is 0 Å². The van der Waals surface area contributed by atoms with Crippen LogP contribution in [0.2, 0.25) is 0 Å².